The zero-order valence-corrected chi connectivity index (χ0v) is 13.2. The Kier molecular flexibility index (Phi) is 6.34. The molecule has 0 fully saturated rings. The molecule has 6 heteroatoms. The van der Waals surface area contributed by atoms with Crippen LogP contribution in [0.1, 0.15) is 40.0 Å². The predicted molar refractivity (Wildman–Crippen MR) is 79.0 cm³/mol. The number of carbonyl (C=O) groups is 3. The lowest BCUT2D eigenvalue weighted by molar-refractivity contribution is -0.158. The highest BCUT2D eigenvalue weighted by atomic mass is 16.6. The number of esters is 2. The molecule has 122 valence electrons. The summed E-state index contributed by atoms with van der Waals surface area (Å²) in [6.07, 6.45) is 4.72. The van der Waals surface area contributed by atoms with Gasteiger partial charge in [0.25, 0.3) is 0 Å². The topological polar surface area (TPSA) is 89.9 Å². The molecule has 0 spiro atoms. The quantitative estimate of drug-likeness (QED) is 0.573. The van der Waals surface area contributed by atoms with E-state index >= 15 is 0 Å². The maximum absolute atomic E-state index is 11.9. The first-order valence-corrected chi connectivity index (χ1v) is 7.27. The zero-order chi connectivity index (χ0) is 16.8. The smallest absolute Gasteiger partial charge is 0.338 e. The molecule has 0 radical (unpaired) electrons. The Morgan fingerprint density at radius 1 is 1.23 bits per heavy atom. The predicted octanol–water partition coefficient (Wildman–Crippen LogP) is 2.24. The fourth-order valence-electron chi connectivity index (χ4n) is 1.76. The van der Waals surface area contributed by atoms with Crippen LogP contribution in [0.3, 0.4) is 0 Å². The van der Waals surface area contributed by atoms with Crippen molar-refractivity contribution in [3.8, 4) is 0 Å². The van der Waals surface area contributed by atoms with Gasteiger partial charge in [-0.15, -0.1) is 0 Å². The molecule has 0 heterocycles. The van der Waals surface area contributed by atoms with Crippen molar-refractivity contribution in [2.75, 3.05) is 13.2 Å². The summed E-state index contributed by atoms with van der Waals surface area (Å²) >= 11 is 0. The molecule has 6 nitrogen and oxygen atoms in total. The minimum atomic E-state index is -1.12. The maximum Gasteiger partial charge on any atom is 0.338 e. The normalized spacial score (nSPS) is 14.7. The van der Waals surface area contributed by atoms with Gasteiger partial charge in [-0.1, -0.05) is 19.1 Å². The molecule has 22 heavy (non-hydrogen) atoms. The van der Waals surface area contributed by atoms with Gasteiger partial charge in [0, 0.05) is 0 Å². The SMILES string of the molecule is CCC(C)(C)C(=O)OCCOC(=O)C1=C(C(=O)O)CCC=C1. The molecule has 0 atom stereocenters. The van der Waals surface area contributed by atoms with Crippen LogP contribution in [0.4, 0.5) is 0 Å². The molecule has 0 saturated carbocycles. The van der Waals surface area contributed by atoms with Crippen LogP contribution in [0.5, 0.6) is 0 Å². The second-order valence-corrected chi connectivity index (χ2v) is 5.65. The number of hydrogen-bond acceptors (Lipinski definition) is 5. The van der Waals surface area contributed by atoms with Crippen LogP contribution in [0.2, 0.25) is 0 Å². The molecule has 0 aliphatic heterocycles. The van der Waals surface area contributed by atoms with Crippen molar-refractivity contribution in [1.29, 1.82) is 0 Å². The molecule has 0 saturated heterocycles. The van der Waals surface area contributed by atoms with E-state index in [1.54, 1.807) is 19.9 Å². The first-order chi connectivity index (χ1) is 10.3. The first kappa shape index (κ1) is 17.9. The Morgan fingerprint density at radius 3 is 2.45 bits per heavy atom. The van der Waals surface area contributed by atoms with E-state index in [1.807, 2.05) is 6.92 Å². The van der Waals surface area contributed by atoms with E-state index in [0.717, 1.165) is 0 Å². The average molecular weight is 310 g/mol. The Bertz CT molecular complexity index is 513. The van der Waals surface area contributed by atoms with Gasteiger partial charge in [0.1, 0.15) is 13.2 Å². The Labute approximate surface area is 129 Å². The lowest BCUT2D eigenvalue weighted by Gasteiger charge is -2.20. The van der Waals surface area contributed by atoms with Gasteiger partial charge in [0.15, 0.2) is 0 Å². The van der Waals surface area contributed by atoms with Gasteiger partial charge in [0.05, 0.1) is 16.6 Å². The van der Waals surface area contributed by atoms with Gasteiger partial charge in [-0.25, -0.2) is 9.59 Å². The van der Waals surface area contributed by atoms with E-state index in [9.17, 15) is 14.4 Å². The summed E-state index contributed by atoms with van der Waals surface area (Å²) in [4.78, 5) is 34.7. The van der Waals surface area contributed by atoms with Crippen molar-refractivity contribution >= 4 is 17.9 Å². The highest BCUT2D eigenvalue weighted by Gasteiger charge is 2.27. The standard InChI is InChI=1S/C16H22O6/c1-4-16(2,3)15(20)22-10-9-21-14(19)12-8-6-5-7-11(12)13(17)18/h6,8H,4-5,7,9-10H2,1-3H3,(H,17,18). The molecule has 1 aliphatic carbocycles. The maximum atomic E-state index is 11.9. The van der Waals surface area contributed by atoms with Gasteiger partial charge < -0.3 is 14.6 Å². The van der Waals surface area contributed by atoms with E-state index in [1.165, 1.54) is 6.08 Å². The number of hydrogen-bond donors (Lipinski definition) is 1. The van der Waals surface area contributed by atoms with Crippen LogP contribution in [0, 0.1) is 5.41 Å². The number of allylic oxidation sites excluding steroid dienone is 1. The Hall–Kier alpha value is -2.11. The first-order valence-electron chi connectivity index (χ1n) is 7.27. The Morgan fingerprint density at radius 2 is 1.86 bits per heavy atom. The van der Waals surface area contributed by atoms with Crippen LogP contribution >= 0.6 is 0 Å². The average Bonchev–Trinajstić information content (AvgIpc) is 2.50. The van der Waals surface area contributed by atoms with Gasteiger partial charge in [-0.05, 0) is 33.1 Å². The molecule has 0 aromatic rings. The van der Waals surface area contributed by atoms with Crippen LogP contribution < -0.4 is 0 Å². The molecule has 0 unspecified atom stereocenters. The van der Waals surface area contributed by atoms with Gasteiger partial charge >= 0.3 is 17.9 Å². The number of ether oxygens (including phenoxy) is 2. The highest BCUT2D eigenvalue weighted by Crippen LogP contribution is 2.22. The molecule has 0 amide bonds. The van der Waals surface area contributed by atoms with Crippen LogP contribution in [-0.2, 0) is 23.9 Å². The van der Waals surface area contributed by atoms with E-state index in [2.05, 4.69) is 0 Å². The fourth-order valence-corrected chi connectivity index (χ4v) is 1.76. The van der Waals surface area contributed by atoms with E-state index < -0.39 is 17.4 Å². The summed E-state index contributed by atoms with van der Waals surface area (Å²) in [6.45, 7) is 5.29. The number of carbonyl (C=O) groups excluding carboxylic acids is 2. The van der Waals surface area contributed by atoms with Crippen molar-refractivity contribution in [1.82, 2.24) is 0 Å². The molecule has 0 bridgehead atoms. The zero-order valence-electron chi connectivity index (χ0n) is 13.2. The third-order valence-electron chi connectivity index (χ3n) is 3.63. The molecular formula is C16H22O6. The summed E-state index contributed by atoms with van der Waals surface area (Å²) < 4.78 is 10.0. The fraction of sp³-hybridized carbons (Fsp3) is 0.562. The van der Waals surface area contributed by atoms with E-state index in [0.29, 0.717) is 19.3 Å². The van der Waals surface area contributed by atoms with Crippen LogP contribution in [0.15, 0.2) is 23.3 Å². The second-order valence-electron chi connectivity index (χ2n) is 5.65. The lowest BCUT2D eigenvalue weighted by atomic mass is 9.91. The summed E-state index contributed by atoms with van der Waals surface area (Å²) in [5.74, 6) is -2.18. The van der Waals surface area contributed by atoms with Crippen LogP contribution in [0.25, 0.3) is 0 Å². The Balaban J connectivity index is 2.49. The third kappa shape index (κ3) is 4.72. The van der Waals surface area contributed by atoms with Crippen LogP contribution in [-0.4, -0.2) is 36.2 Å². The van der Waals surface area contributed by atoms with Crippen molar-refractivity contribution in [2.24, 2.45) is 5.41 Å². The van der Waals surface area contributed by atoms with Crippen molar-refractivity contribution in [3.05, 3.63) is 23.3 Å². The summed E-state index contributed by atoms with van der Waals surface area (Å²) in [5.41, 5.74) is -0.467. The van der Waals surface area contributed by atoms with Crippen molar-refractivity contribution < 1.29 is 29.0 Å². The van der Waals surface area contributed by atoms with Gasteiger partial charge in [-0.3, -0.25) is 4.79 Å². The summed E-state index contributed by atoms with van der Waals surface area (Å²) in [7, 11) is 0. The molecule has 1 rings (SSSR count). The van der Waals surface area contributed by atoms with Crippen molar-refractivity contribution in [3.63, 3.8) is 0 Å². The largest absolute Gasteiger partial charge is 0.478 e. The van der Waals surface area contributed by atoms with Gasteiger partial charge in [-0.2, -0.15) is 0 Å². The minimum absolute atomic E-state index is 0.0482. The van der Waals surface area contributed by atoms with Gasteiger partial charge in [0.2, 0.25) is 0 Å². The molecule has 0 aromatic heterocycles. The molecule has 1 aliphatic rings. The lowest BCUT2D eigenvalue weighted by Crippen LogP contribution is -2.27. The molecule has 1 N–H and O–H groups in total. The number of carboxylic acid groups (broad SMARTS) is 1. The molecular weight excluding hydrogens is 288 g/mol. The minimum Gasteiger partial charge on any atom is -0.478 e. The van der Waals surface area contributed by atoms with E-state index in [4.69, 9.17) is 14.6 Å². The third-order valence-corrected chi connectivity index (χ3v) is 3.63. The van der Waals surface area contributed by atoms with E-state index in [-0.39, 0.29) is 30.3 Å². The highest BCUT2D eigenvalue weighted by molar-refractivity contribution is 6.02. The summed E-state index contributed by atoms with van der Waals surface area (Å²) in [5, 5.41) is 9.05. The number of rotatable bonds is 7. The monoisotopic (exact) mass is 310 g/mol. The number of carboxylic acids is 1. The second kappa shape index (κ2) is 7.77. The van der Waals surface area contributed by atoms with Crippen molar-refractivity contribution in [2.45, 2.75) is 40.0 Å². The molecule has 0 aromatic carbocycles. The number of aliphatic carboxylic acids is 1. The summed E-state index contributed by atoms with van der Waals surface area (Å²) in [6, 6.07) is 0.